The van der Waals surface area contributed by atoms with Crippen LogP contribution in [0.2, 0.25) is 0 Å². The average molecular weight is 236 g/mol. The van der Waals surface area contributed by atoms with Crippen molar-refractivity contribution < 1.29 is 9.13 Å². The molecule has 0 aliphatic rings. The second-order valence-electron chi connectivity index (χ2n) is 4.78. The van der Waals surface area contributed by atoms with Crippen LogP contribution in [-0.2, 0) is 0 Å². The van der Waals surface area contributed by atoms with E-state index >= 15 is 0 Å². The van der Waals surface area contributed by atoms with E-state index in [1.807, 2.05) is 6.07 Å². The van der Waals surface area contributed by atoms with Crippen molar-refractivity contribution in [3.63, 3.8) is 0 Å². The summed E-state index contributed by atoms with van der Waals surface area (Å²) in [5.74, 6) is -0.320. The normalized spacial score (nSPS) is 11.0. The minimum Gasteiger partial charge on any atom is -0.489 e. The van der Waals surface area contributed by atoms with Gasteiger partial charge in [-0.2, -0.15) is 5.26 Å². The molecule has 0 radical (unpaired) electrons. The number of nitriles is 1. The van der Waals surface area contributed by atoms with Crippen LogP contribution in [-0.4, -0.2) is 18.7 Å². The van der Waals surface area contributed by atoms with Crippen LogP contribution >= 0.6 is 0 Å². The first-order valence-corrected chi connectivity index (χ1v) is 5.50. The molecule has 4 heteroatoms. The minimum absolute atomic E-state index is 0.0204. The van der Waals surface area contributed by atoms with Crippen molar-refractivity contribution >= 4 is 0 Å². The monoisotopic (exact) mass is 236 g/mol. The molecule has 92 valence electrons. The highest BCUT2D eigenvalue weighted by Crippen LogP contribution is 2.17. The van der Waals surface area contributed by atoms with Crippen LogP contribution < -0.4 is 10.1 Å². The molecule has 0 unspecified atom stereocenters. The molecule has 1 rings (SSSR count). The molecule has 1 aromatic carbocycles. The molecule has 0 fully saturated rings. The van der Waals surface area contributed by atoms with E-state index in [0.29, 0.717) is 18.7 Å². The fourth-order valence-electron chi connectivity index (χ4n) is 1.27. The Morgan fingerprint density at radius 3 is 2.65 bits per heavy atom. The Balaban J connectivity index is 2.45. The molecule has 0 aliphatic carbocycles. The maximum Gasteiger partial charge on any atom is 0.166 e. The van der Waals surface area contributed by atoms with Gasteiger partial charge in [0.05, 0.1) is 11.6 Å². The zero-order valence-electron chi connectivity index (χ0n) is 10.4. The predicted molar refractivity (Wildman–Crippen MR) is 64.4 cm³/mol. The van der Waals surface area contributed by atoms with Crippen molar-refractivity contribution in [2.75, 3.05) is 13.2 Å². The summed E-state index contributed by atoms with van der Waals surface area (Å²) in [7, 11) is 0. The summed E-state index contributed by atoms with van der Waals surface area (Å²) in [4.78, 5) is 0. The largest absolute Gasteiger partial charge is 0.489 e. The Labute approximate surface area is 101 Å². The van der Waals surface area contributed by atoms with E-state index in [-0.39, 0.29) is 11.3 Å². The smallest absolute Gasteiger partial charge is 0.166 e. The fourth-order valence-corrected chi connectivity index (χ4v) is 1.27. The molecule has 0 atom stereocenters. The van der Waals surface area contributed by atoms with E-state index in [1.54, 1.807) is 0 Å². The molecule has 0 bridgehead atoms. The first kappa shape index (κ1) is 13.5. The molecule has 0 saturated heterocycles. The lowest BCUT2D eigenvalue weighted by atomic mass is 10.1. The minimum atomic E-state index is -0.500. The van der Waals surface area contributed by atoms with Crippen molar-refractivity contribution in [3.8, 4) is 11.8 Å². The second kappa shape index (κ2) is 5.65. The molecule has 0 saturated carbocycles. The van der Waals surface area contributed by atoms with Gasteiger partial charge in [0.1, 0.15) is 6.61 Å². The highest BCUT2D eigenvalue weighted by molar-refractivity contribution is 5.35. The number of ether oxygens (including phenoxy) is 1. The highest BCUT2D eigenvalue weighted by atomic mass is 19.1. The summed E-state index contributed by atoms with van der Waals surface area (Å²) in [6.07, 6.45) is 0. The lowest BCUT2D eigenvalue weighted by Crippen LogP contribution is -2.38. The number of nitrogens with one attached hydrogen (secondary N) is 1. The van der Waals surface area contributed by atoms with Gasteiger partial charge in [-0.15, -0.1) is 0 Å². The van der Waals surface area contributed by atoms with Gasteiger partial charge in [0.15, 0.2) is 11.6 Å². The first-order chi connectivity index (χ1) is 7.92. The molecule has 0 spiro atoms. The van der Waals surface area contributed by atoms with E-state index in [4.69, 9.17) is 10.00 Å². The number of benzene rings is 1. The summed E-state index contributed by atoms with van der Waals surface area (Å²) < 4.78 is 18.7. The molecule has 0 amide bonds. The average Bonchev–Trinajstić information content (AvgIpc) is 2.24. The summed E-state index contributed by atoms with van der Waals surface area (Å²) in [6, 6.07) is 6.06. The van der Waals surface area contributed by atoms with Crippen LogP contribution in [0, 0.1) is 17.1 Å². The van der Waals surface area contributed by atoms with E-state index in [2.05, 4.69) is 26.1 Å². The Morgan fingerprint density at radius 1 is 1.41 bits per heavy atom. The Kier molecular flexibility index (Phi) is 4.47. The van der Waals surface area contributed by atoms with Crippen LogP contribution in [0.15, 0.2) is 18.2 Å². The van der Waals surface area contributed by atoms with Gasteiger partial charge in [-0.05, 0) is 39.0 Å². The Bertz CT molecular complexity index is 418. The van der Waals surface area contributed by atoms with E-state index in [0.717, 1.165) is 0 Å². The number of hydrogen-bond donors (Lipinski definition) is 1. The third-order valence-electron chi connectivity index (χ3n) is 2.08. The van der Waals surface area contributed by atoms with Crippen molar-refractivity contribution in [3.05, 3.63) is 29.6 Å². The molecule has 3 nitrogen and oxygen atoms in total. The standard InChI is InChI=1S/C13H17FN2O/c1-13(2,3)16-6-7-17-12-5-4-10(9-15)8-11(12)14/h4-5,8,16H,6-7H2,1-3H3. The molecule has 1 N–H and O–H groups in total. The van der Waals surface area contributed by atoms with Gasteiger partial charge in [-0.3, -0.25) is 0 Å². The van der Waals surface area contributed by atoms with Gasteiger partial charge in [-0.1, -0.05) is 0 Å². The second-order valence-corrected chi connectivity index (χ2v) is 4.78. The van der Waals surface area contributed by atoms with Gasteiger partial charge >= 0.3 is 0 Å². The molecular formula is C13H17FN2O. The lowest BCUT2D eigenvalue weighted by Gasteiger charge is -2.20. The summed E-state index contributed by atoms with van der Waals surface area (Å²) in [6.45, 7) is 7.18. The molecule has 1 aromatic rings. The van der Waals surface area contributed by atoms with E-state index in [1.165, 1.54) is 18.2 Å². The van der Waals surface area contributed by atoms with E-state index in [9.17, 15) is 4.39 Å². The van der Waals surface area contributed by atoms with Crippen molar-refractivity contribution in [1.82, 2.24) is 5.32 Å². The lowest BCUT2D eigenvalue weighted by molar-refractivity contribution is 0.279. The Morgan fingerprint density at radius 2 is 2.12 bits per heavy atom. The first-order valence-electron chi connectivity index (χ1n) is 5.50. The number of rotatable bonds is 4. The molecular weight excluding hydrogens is 219 g/mol. The SMILES string of the molecule is CC(C)(C)NCCOc1ccc(C#N)cc1F. The molecule has 17 heavy (non-hydrogen) atoms. The van der Waals surface area contributed by atoms with Crippen LogP contribution in [0.3, 0.4) is 0 Å². The highest BCUT2D eigenvalue weighted by Gasteiger charge is 2.08. The zero-order valence-corrected chi connectivity index (χ0v) is 10.4. The Hall–Kier alpha value is -1.60. The molecule has 0 heterocycles. The number of hydrogen-bond acceptors (Lipinski definition) is 3. The zero-order chi connectivity index (χ0) is 12.9. The van der Waals surface area contributed by atoms with Gasteiger partial charge in [0.25, 0.3) is 0 Å². The summed E-state index contributed by atoms with van der Waals surface area (Å²) >= 11 is 0. The number of nitrogens with zero attached hydrogens (tertiary/aromatic N) is 1. The topological polar surface area (TPSA) is 45.0 Å². The quantitative estimate of drug-likeness (QED) is 0.817. The fraction of sp³-hybridized carbons (Fsp3) is 0.462. The summed E-state index contributed by atoms with van der Waals surface area (Å²) in [5, 5.41) is 11.8. The van der Waals surface area contributed by atoms with Gasteiger partial charge in [-0.25, -0.2) is 4.39 Å². The van der Waals surface area contributed by atoms with Crippen LogP contribution in [0.4, 0.5) is 4.39 Å². The van der Waals surface area contributed by atoms with Crippen molar-refractivity contribution in [2.24, 2.45) is 0 Å². The van der Waals surface area contributed by atoms with Crippen LogP contribution in [0.25, 0.3) is 0 Å². The maximum absolute atomic E-state index is 13.4. The van der Waals surface area contributed by atoms with Crippen molar-refractivity contribution in [2.45, 2.75) is 26.3 Å². The van der Waals surface area contributed by atoms with Gasteiger partial charge in [0, 0.05) is 12.1 Å². The summed E-state index contributed by atoms with van der Waals surface area (Å²) in [5.41, 5.74) is 0.315. The van der Waals surface area contributed by atoms with Crippen molar-refractivity contribution in [1.29, 1.82) is 5.26 Å². The number of halogens is 1. The third kappa shape index (κ3) is 4.83. The molecule has 0 aromatic heterocycles. The maximum atomic E-state index is 13.4. The van der Waals surface area contributed by atoms with Gasteiger partial charge < -0.3 is 10.1 Å². The predicted octanol–water partition coefficient (Wildman–Crippen LogP) is 2.46. The van der Waals surface area contributed by atoms with Gasteiger partial charge in [0.2, 0.25) is 0 Å². The molecule has 0 aliphatic heterocycles. The van der Waals surface area contributed by atoms with Crippen LogP contribution in [0.5, 0.6) is 5.75 Å². The third-order valence-corrected chi connectivity index (χ3v) is 2.08. The van der Waals surface area contributed by atoms with Crippen LogP contribution in [0.1, 0.15) is 26.3 Å². The van der Waals surface area contributed by atoms with E-state index < -0.39 is 5.82 Å².